The van der Waals surface area contributed by atoms with Crippen molar-refractivity contribution >= 4 is 11.9 Å². The van der Waals surface area contributed by atoms with Gasteiger partial charge in [-0.25, -0.2) is 4.79 Å². The smallest absolute Gasteiger partial charge is 0.397 e. The van der Waals surface area contributed by atoms with Crippen LogP contribution in [0.4, 0.5) is 13.2 Å². The van der Waals surface area contributed by atoms with Crippen molar-refractivity contribution in [2.24, 2.45) is 0 Å². The highest BCUT2D eigenvalue weighted by Crippen LogP contribution is 2.22. The molecule has 8 heteroatoms. The quantitative estimate of drug-likeness (QED) is 0.752. The number of halogens is 3. The number of carboxylic acid groups (broad SMARTS) is 1. The molecular weight excluding hydrogens is 231 g/mol. The number of carbonyl (C=O) groups is 2. The number of carboxylic acids is 1. The van der Waals surface area contributed by atoms with Crippen LogP contribution < -0.4 is 0 Å². The number of nitrogens with zero attached hydrogens (tertiary/aromatic N) is 1. The molecule has 0 saturated carbocycles. The summed E-state index contributed by atoms with van der Waals surface area (Å²) >= 11 is 0. The number of aliphatic carboxylic acids is 1. The normalized spacial score (nSPS) is 21.9. The number of rotatable bonds is 2. The number of ether oxygens (including phenoxy) is 1. The van der Waals surface area contributed by atoms with Crippen LogP contribution in [0.15, 0.2) is 0 Å². The van der Waals surface area contributed by atoms with Crippen LogP contribution in [0.25, 0.3) is 0 Å². The number of amides is 1. The average Bonchev–Trinajstić information content (AvgIpc) is 2.15. The predicted octanol–water partition coefficient (Wildman–Crippen LogP) is 0.251. The molecule has 16 heavy (non-hydrogen) atoms. The van der Waals surface area contributed by atoms with E-state index in [1.165, 1.54) is 0 Å². The minimum atomic E-state index is -4.63. The predicted molar refractivity (Wildman–Crippen MR) is 44.6 cm³/mol. The van der Waals surface area contributed by atoms with Gasteiger partial charge in [0.05, 0.1) is 13.2 Å². The molecule has 1 saturated heterocycles. The fourth-order valence-corrected chi connectivity index (χ4v) is 1.38. The highest BCUT2D eigenvalue weighted by atomic mass is 19.4. The highest BCUT2D eigenvalue weighted by Gasteiger charge is 2.38. The van der Waals surface area contributed by atoms with Crippen LogP contribution in [0.5, 0.6) is 0 Å². The van der Waals surface area contributed by atoms with E-state index >= 15 is 0 Å². The Labute approximate surface area is 88.8 Å². The molecule has 1 aliphatic rings. The first-order chi connectivity index (χ1) is 7.31. The molecule has 0 aromatic carbocycles. The molecule has 0 aromatic rings. The molecule has 5 nitrogen and oxygen atoms in total. The minimum Gasteiger partial charge on any atom is -0.480 e. The lowest BCUT2D eigenvalue weighted by Gasteiger charge is -2.33. The second kappa shape index (κ2) is 4.69. The standard InChI is InChI=1S/C8H10F3NO4/c9-8(10,11)3-6(13)12-1-2-16-4-5(12)7(14)15/h5H,1-4H2,(H,14,15). The molecule has 0 aromatic heterocycles. The second-order valence-electron chi connectivity index (χ2n) is 3.31. The zero-order valence-electron chi connectivity index (χ0n) is 8.16. The Morgan fingerprint density at radius 3 is 2.56 bits per heavy atom. The Morgan fingerprint density at radius 2 is 2.06 bits per heavy atom. The number of carbonyl (C=O) groups excluding carboxylic acids is 1. The van der Waals surface area contributed by atoms with Crippen molar-refractivity contribution in [2.45, 2.75) is 18.6 Å². The SMILES string of the molecule is O=C(O)C1COCCN1C(=O)CC(F)(F)F. The van der Waals surface area contributed by atoms with E-state index in [2.05, 4.69) is 0 Å². The fraction of sp³-hybridized carbons (Fsp3) is 0.750. The van der Waals surface area contributed by atoms with Crippen LogP contribution in [0.2, 0.25) is 0 Å². The topological polar surface area (TPSA) is 66.8 Å². The first kappa shape index (κ1) is 12.8. The van der Waals surface area contributed by atoms with Crippen molar-refractivity contribution in [2.75, 3.05) is 19.8 Å². The van der Waals surface area contributed by atoms with E-state index in [4.69, 9.17) is 9.84 Å². The zero-order chi connectivity index (χ0) is 12.3. The Bertz CT molecular complexity index is 291. The van der Waals surface area contributed by atoms with Crippen molar-refractivity contribution in [3.8, 4) is 0 Å². The summed E-state index contributed by atoms with van der Waals surface area (Å²) in [6.07, 6.45) is -6.27. The molecule has 1 fully saturated rings. The Morgan fingerprint density at radius 1 is 1.44 bits per heavy atom. The van der Waals surface area contributed by atoms with E-state index < -0.39 is 30.5 Å². The number of hydrogen-bond donors (Lipinski definition) is 1. The Kier molecular flexibility index (Phi) is 3.74. The molecule has 1 aliphatic heterocycles. The number of hydrogen-bond acceptors (Lipinski definition) is 3. The van der Waals surface area contributed by atoms with Crippen LogP contribution in [-0.2, 0) is 14.3 Å². The van der Waals surface area contributed by atoms with Crippen molar-refractivity contribution in [1.82, 2.24) is 4.90 Å². The van der Waals surface area contributed by atoms with Crippen molar-refractivity contribution in [1.29, 1.82) is 0 Å². The van der Waals surface area contributed by atoms with E-state index in [-0.39, 0.29) is 19.8 Å². The summed E-state index contributed by atoms with van der Waals surface area (Å²) < 4.78 is 40.7. The lowest BCUT2D eigenvalue weighted by atomic mass is 10.2. The first-order valence-corrected chi connectivity index (χ1v) is 4.48. The van der Waals surface area contributed by atoms with Gasteiger partial charge in [-0.3, -0.25) is 4.79 Å². The third-order valence-electron chi connectivity index (χ3n) is 2.09. The Hall–Kier alpha value is -1.31. The first-order valence-electron chi connectivity index (χ1n) is 4.48. The van der Waals surface area contributed by atoms with Crippen LogP contribution in [-0.4, -0.2) is 53.9 Å². The van der Waals surface area contributed by atoms with E-state index in [9.17, 15) is 22.8 Å². The largest absolute Gasteiger partial charge is 0.480 e. The van der Waals surface area contributed by atoms with Crippen molar-refractivity contribution < 1.29 is 32.6 Å². The monoisotopic (exact) mass is 241 g/mol. The molecule has 1 rings (SSSR count). The molecule has 0 aliphatic carbocycles. The summed E-state index contributed by atoms with van der Waals surface area (Å²) in [4.78, 5) is 22.6. The highest BCUT2D eigenvalue weighted by molar-refractivity contribution is 5.84. The maximum absolute atomic E-state index is 12.0. The lowest BCUT2D eigenvalue weighted by molar-refractivity contribution is -0.173. The van der Waals surface area contributed by atoms with E-state index in [1.54, 1.807) is 0 Å². The molecule has 0 spiro atoms. The molecule has 0 bridgehead atoms. The number of alkyl halides is 3. The van der Waals surface area contributed by atoms with E-state index in [0.717, 1.165) is 0 Å². The molecular formula is C8H10F3NO4. The van der Waals surface area contributed by atoms with E-state index in [1.807, 2.05) is 0 Å². The van der Waals surface area contributed by atoms with Gasteiger partial charge in [-0.15, -0.1) is 0 Å². The maximum Gasteiger partial charge on any atom is 0.397 e. The van der Waals surface area contributed by atoms with Crippen molar-refractivity contribution in [3.05, 3.63) is 0 Å². The van der Waals surface area contributed by atoms with E-state index in [0.29, 0.717) is 4.90 Å². The van der Waals surface area contributed by atoms with Gasteiger partial charge in [0.1, 0.15) is 6.42 Å². The molecule has 0 radical (unpaired) electrons. The number of morpholine rings is 1. The van der Waals surface area contributed by atoms with Crippen LogP contribution in [0.1, 0.15) is 6.42 Å². The fourth-order valence-electron chi connectivity index (χ4n) is 1.38. The van der Waals surface area contributed by atoms with Gasteiger partial charge in [-0.2, -0.15) is 13.2 Å². The summed E-state index contributed by atoms with van der Waals surface area (Å²) in [5.41, 5.74) is 0. The van der Waals surface area contributed by atoms with Crippen LogP contribution in [0, 0.1) is 0 Å². The van der Waals surface area contributed by atoms with Gasteiger partial charge in [0.2, 0.25) is 5.91 Å². The van der Waals surface area contributed by atoms with Gasteiger partial charge in [0.25, 0.3) is 0 Å². The van der Waals surface area contributed by atoms with Crippen molar-refractivity contribution in [3.63, 3.8) is 0 Å². The molecule has 1 amide bonds. The minimum absolute atomic E-state index is 0.0490. The van der Waals surface area contributed by atoms with Crippen LogP contribution in [0.3, 0.4) is 0 Å². The molecule has 1 heterocycles. The van der Waals surface area contributed by atoms with Gasteiger partial charge in [0.15, 0.2) is 6.04 Å². The van der Waals surface area contributed by atoms with Gasteiger partial charge < -0.3 is 14.7 Å². The second-order valence-corrected chi connectivity index (χ2v) is 3.31. The molecule has 1 N–H and O–H groups in total. The average molecular weight is 241 g/mol. The van der Waals surface area contributed by atoms with Gasteiger partial charge in [-0.05, 0) is 0 Å². The van der Waals surface area contributed by atoms with Gasteiger partial charge in [-0.1, -0.05) is 0 Å². The zero-order valence-corrected chi connectivity index (χ0v) is 8.16. The lowest BCUT2D eigenvalue weighted by Crippen LogP contribution is -2.53. The van der Waals surface area contributed by atoms with Gasteiger partial charge in [0, 0.05) is 6.54 Å². The molecule has 1 unspecified atom stereocenters. The summed E-state index contributed by atoms with van der Waals surface area (Å²) in [7, 11) is 0. The van der Waals surface area contributed by atoms with Gasteiger partial charge >= 0.3 is 12.1 Å². The van der Waals surface area contributed by atoms with Crippen LogP contribution >= 0.6 is 0 Å². The maximum atomic E-state index is 12.0. The summed E-state index contributed by atoms with van der Waals surface area (Å²) in [5, 5.41) is 8.70. The Balaban J connectivity index is 2.68. The molecule has 1 atom stereocenters. The summed E-state index contributed by atoms with van der Waals surface area (Å²) in [6.45, 7) is -0.363. The summed E-state index contributed by atoms with van der Waals surface area (Å²) in [5.74, 6) is -2.60. The summed E-state index contributed by atoms with van der Waals surface area (Å²) in [6, 6.07) is -1.33. The third-order valence-corrected chi connectivity index (χ3v) is 2.09. The third kappa shape index (κ3) is 3.37. The molecule has 92 valence electrons.